The molecule has 0 fully saturated rings. The zero-order valence-corrected chi connectivity index (χ0v) is 15.1. The van der Waals surface area contributed by atoms with Crippen molar-refractivity contribution in [3.05, 3.63) is 12.2 Å². The van der Waals surface area contributed by atoms with Crippen molar-refractivity contribution in [1.29, 1.82) is 0 Å². The molecular formula is C17H30O3S. The maximum atomic E-state index is 11.9. The molecule has 0 spiro atoms. The van der Waals surface area contributed by atoms with Gasteiger partial charge in [-0.3, -0.25) is 0 Å². The van der Waals surface area contributed by atoms with Gasteiger partial charge in [0, 0.05) is 4.75 Å². The molecule has 1 aliphatic rings. The molecule has 0 aromatic rings. The monoisotopic (exact) mass is 314 g/mol. The minimum Gasteiger partial charge on any atom is -0.450 e. The predicted octanol–water partition coefficient (Wildman–Crippen LogP) is 5.34. The lowest BCUT2D eigenvalue weighted by molar-refractivity contribution is -0.0430. The summed E-state index contributed by atoms with van der Waals surface area (Å²) in [7, 11) is 0. The lowest BCUT2D eigenvalue weighted by Gasteiger charge is -2.27. The highest BCUT2D eigenvalue weighted by Crippen LogP contribution is 2.27. The highest BCUT2D eigenvalue weighted by atomic mass is 32.2. The number of rotatable bonds is 2. The fraction of sp³-hybridized carbons (Fsp3) is 0.824. The number of carbonyl (C=O) groups is 1. The normalized spacial score (nSPS) is 25.8. The smallest absolute Gasteiger partial charge is 0.368 e. The Labute approximate surface area is 133 Å². The highest BCUT2D eigenvalue weighted by Gasteiger charge is 2.22. The van der Waals surface area contributed by atoms with Gasteiger partial charge in [-0.2, -0.15) is 0 Å². The fourth-order valence-corrected chi connectivity index (χ4v) is 2.85. The van der Waals surface area contributed by atoms with Crippen LogP contribution >= 0.6 is 11.8 Å². The maximum Gasteiger partial charge on any atom is 0.368 e. The van der Waals surface area contributed by atoms with E-state index >= 15 is 0 Å². The van der Waals surface area contributed by atoms with Gasteiger partial charge in [-0.1, -0.05) is 33.3 Å². The lowest BCUT2D eigenvalue weighted by atomic mass is 10.0. The highest BCUT2D eigenvalue weighted by molar-refractivity contribution is 8.14. The topological polar surface area (TPSA) is 35.5 Å². The van der Waals surface area contributed by atoms with Crippen LogP contribution < -0.4 is 0 Å². The molecule has 0 bridgehead atoms. The van der Waals surface area contributed by atoms with Gasteiger partial charge in [-0.15, -0.1) is 0 Å². The second-order valence-electron chi connectivity index (χ2n) is 7.56. The van der Waals surface area contributed by atoms with Crippen molar-refractivity contribution >= 4 is 17.1 Å². The van der Waals surface area contributed by atoms with E-state index in [-0.39, 0.29) is 27.9 Å². The Morgan fingerprint density at radius 1 is 1.00 bits per heavy atom. The fourth-order valence-electron chi connectivity index (χ4n) is 2.18. The van der Waals surface area contributed by atoms with Gasteiger partial charge in [-0.25, -0.2) is 4.79 Å². The second kappa shape index (κ2) is 7.68. The van der Waals surface area contributed by atoms with Crippen LogP contribution in [-0.4, -0.2) is 27.9 Å². The van der Waals surface area contributed by atoms with Crippen LogP contribution in [0.25, 0.3) is 0 Å². The van der Waals surface area contributed by atoms with Crippen molar-refractivity contribution < 1.29 is 14.3 Å². The van der Waals surface area contributed by atoms with Crippen LogP contribution in [0.2, 0.25) is 0 Å². The first kappa shape index (κ1) is 18.6. The standard InChI is InChI=1S/C17H30O3S/c1-16(2,3)20-14-10-8-7-9-13(11-12-14)19-15(18)21-17(4,5)6/h11-14H,7-10H2,1-6H3/b12-11+. The van der Waals surface area contributed by atoms with Crippen LogP contribution in [0.5, 0.6) is 0 Å². The third kappa shape index (κ3) is 9.20. The summed E-state index contributed by atoms with van der Waals surface area (Å²) in [6.45, 7) is 12.2. The van der Waals surface area contributed by atoms with E-state index in [4.69, 9.17) is 9.47 Å². The molecule has 0 aromatic carbocycles. The number of carbonyl (C=O) groups excluding carboxylic acids is 1. The summed E-state index contributed by atoms with van der Waals surface area (Å²) in [4.78, 5) is 11.9. The SMILES string of the molecule is CC(C)(C)OC1/C=C/C(OC(=O)SC(C)(C)C)CCCC1. The van der Waals surface area contributed by atoms with Crippen LogP contribution in [0.1, 0.15) is 67.2 Å². The van der Waals surface area contributed by atoms with E-state index in [1.165, 1.54) is 11.8 Å². The van der Waals surface area contributed by atoms with Crippen molar-refractivity contribution in [1.82, 2.24) is 0 Å². The largest absolute Gasteiger partial charge is 0.450 e. The van der Waals surface area contributed by atoms with Crippen LogP contribution in [0, 0.1) is 0 Å². The number of thioether (sulfide) groups is 1. The molecule has 4 heteroatoms. The Bertz CT molecular complexity index is 363. The molecule has 1 aliphatic carbocycles. The van der Waals surface area contributed by atoms with Gasteiger partial charge in [0.15, 0.2) is 0 Å². The predicted molar refractivity (Wildman–Crippen MR) is 89.8 cm³/mol. The van der Waals surface area contributed by atoms with Crippen LogP contribution in [0.3, 0.4) is 0 Å². The molecule has 0 aromatic heterocycles. The zero-order chi connectivity index (χ0) is 16.1. The Hall–Kier alpha value is -0.480. The number of ether oxygens (including phenoxy) is 2. The molecular weight excluding hydrogens is 284 g/mol. The Morgan fingerprint density at radius 2 is 1.52 bits per heavy atom. The molecule has 0 saturated carbocycles. The summed E-state index contributed by atoms with van der Waals surface area (Å²) < 4.78 is 11.5. The molecule has 3 nitrogen and oxygen atoms in total. The van der Waals surface area contributed by atoms with Crippen LogP contribution in [-0.2, 0) is 9.47 Å². The second-order valence-corrected chi connectivity index (χ2v) is 9.32. The quantitative estimate of drug-likeness (QED) is 0.509. The average Bonchev–Trinajstić information content (AvgIpc) is 2.22. The third-order valence-electron chi connectivity index (χ3n) is 2.91. The molecule has 0 amide bonds. The average molecular weight is 314 g/mol. The summed E-state index contributed by atoms with van der Waals surface area (Å²) >= 11 is 1.25. The summed E-state index contributed by atoms with van der Waals surface area (Å²) in [5, 5.41) is -0.189. The molecule has 1 rings (SSSR count). The summed E-state index contributed by atoms with van der Waals surface area (Å²) in [5.74, 6) is 0. The Kier molecular flexibility index (Phi) is 6.79. The molecule has 0 saturated heterocycles. The van der Waals surface area contributed by atoms with Crippen molar-refractivity contribution in [2.75, 3.05) is 0 Å². The zero-order valence-electron chi connectivity index (χ0n) is 14.3. The van der Waals surface area contributed by atoms with E-state index in [1.54, 1.807) is 0 Å². The van der Waals surface area contributed by atoms with Crippen molar-refractivity contribution in [2.45, 2.75) is 89.8 Å². The van der Waals surface area contributed by atoms with E-state index in [0.717, 1.165) is 25.7 Å². The summed E-state index contributed by atoms with van der Waals surface area (Å²) in [6, 6.07) is 0. The first-order chi connectivity index (χ1) is 9.55. The molecule has 0 heterocycles. The van der Waals surface area contributed by atoms with Crippen molar-refractivity contribution in [2.24, 2.45) is 0 Å². The lowest BCUT2D eigenvalue weighted by Crippen LogP contribution is -2.27. The molecule has 0 aliphatic heterocycles. The van der Waals surface area contributed by atoms with E-state index in [0.29, 0.717) is 0 Å². The Morgan fingerprint density at radius 3 is 2.05 bits per heavy atom. The van der Waals surface area contributed by atoms with Gasteiger partial charge in [0.25, 0.3) is 0 Å². The molecule has 0 N–H and O–H groups in total. The number of hydrogen-bond donors (Lipinski definition) is 0. The third-order valence-corrected chi connectivity index (χ3v) is 3.79. The summed E-state index contributed by atoms with van der Waals surface area (Å²) in [6.07, 6.45) is 8.14. The summed E-state index contributed by atoms with van der Waals surface area (Å²) in [5.41, 5.74) is -0.150. The van der Waals surface area contributed by atoms with E-state index in [1.807, 2.05) is 26.8 Å². The van der Waals surface area contributed by atoms with E-state index < -0.39 is 0 Å². The maximum absolute atomic E-state index is 11.9. The Balaban J connectivity index is 2.57. The minimum atomic E-state index is -0.189. The van der Waals surface area contributed by atoms with Gasteiger partial charge < -0.3 is 9.47 Å². The minimum absolute atomic E-state index is 0.111. The first-order valence-corrected chi connectivity index (χ1v) is 8.63. The van der Waals surface area contributed by atoms with Crippen molar-refractivity contribution in [3.8, 4) is 0 Å². The molecule has 0 radical (unpaired) electrons. The van der Waals surface area contributed by atoms with Crippen LogP contribution in [0.4, 0.5) is 4.79 Å². The van der Waals surface area contributed by atoms with Gasteiger partial charge in [0.2, 0.25) is 0 Å². The molecule has 122 valence electrons. The van der Waals surface area contributed by atoms with Crippen molar-refractivity contribution in [3.63, 3.8) is 0 Å². The van der Waals surface area contributed by atoms with Gasteiger partial charge >= 0.3 is 5.30 Å². The van der Waals surface area contributed by atoms with E-state index in [2.05, 4.69) is 26.8 Å². The van der Waals surface area contributed by atoms with Gasteiger partial charge in [-0.05, 0) is 57.9 Å². The first-order valence-electron chi connectivity index (χ1n) is 7.81. The van der Waals surface area contributed by atoms with Crippen LogP contribution in [0.15, 0.2) is 12.2 Å². The molecule has 21 heavy (non-hydrogen) atoms. The van der Waals surface area contributed by atoms with Gasteiger partial charge in [0.05, 0.1) is 11.7 Å². The molecule has 2 atom stereocenters. The van der Waals surface area contributed by atoms with Gasteiger partial charge in [0.1, 0.15) is 6.10 Å². The number of hydrogen-bond acceptors (Lipinski definition) is 4. The molecule has 2 unspecified atom stereocenters. The van der Waals surface area contributed by atoms with E-state index in [9.17, 15) is 4.79 Å².